The Morgan fingerprint density at radius 2 is 2.00 bits per heavy atom. The van der Waals surface area contributed by atoms with Crippen molar-refractivity contribution in [3.63, 3.8) is 0 Å². The third-order valence-corrected chi connectivity index (χ3v) is 3.92. The lowest BCUT2D eigenvalue weighted by Gasteiger charge is -2.32. The molecule has 1 aromatic carbocycles. The van der Waals surface area contributed by atoms with Gasteiger partial charge in [0.15, 0.2) is 0 Å². The second-order valence-corrected chi connectivity index (χ2v) is 5.33. The minimum Gasteiger partial charge on any atom is -0.362 e. The van der Waals surface area contributed by atoms with Crippen LogP contribution in [0.1, 0.15) is 24.3 Å². The number of amides is 1. The highest BCUT2D eigenvalue weighted by molar-refractivity contribution is 5.85. The van der Waals surface area contributed by atoms with Gasteiger partial charge in [-0.05, 0) is 17.9 Å². The van der Waals surface area contributed by atoms with E-state index in [0.717, 1.165) is 11.8 Å². The Hall–Kier alpha value is -1.89. The fourth-order valence-corrected chi connectivity index (χ4v) is 2.60. The van der Waals surface area contributed by atoms with Crippen LogP contribution in [-0.4, -0.2) is 34.1 Å². The Labute approximate surface area is 118 Å². The van der Waals surface area contributed by atoms with E-state index in [2.05, 4.69) is 5.10 Å². The number of nitrogens with zero attached hydrogens (tertiary/aromatic N) is 2. The van der Waals surface area contributed by atoms with E-state index in [1.54, 1.807) is 0 Å². The van der Waals surface area contributed by atoms with Gasteiger partial charge in [0.25, 0.3) is 5.72 Å². The van der Waals surface area contributed by atoms with Crippen LogP contribution in [0.2, 0.25) is 0 Å². The Balaban J connectivity index is 1.77. The van der Waals surface area contributed by atoms with Crippen LogP contribution < -0.4 is 0 Å². The number of alkyl halides is 3. The highest BCUT2D eigenvalue weighted by atomic mass is 19.4. The van der Waals surface area contributed by atoms with Crippen molar-refractivity contribution in [1.29, 1.82) is 0 Å². The van der Waals surface area contributed by atoms with Gasteiger partial charge in [0.05, 0.1) is 0 Å². The number of hydrazone groups is 1. The lowest BCUT2D eigenvalue weighted by molar-refractivity contribution is -0.302. The molecule has 1 aliphatic carbocycles. The smallest absolute Gasteiger partial charge is 0.362 e. The van der Waals surface area contributed by atoms with E-state index in [9.17, 15) is 23.1 Å². The first-order valence-corrected chi connectivity index (χ1v) is 6.55. The number of rotatable bonds is 2. The van der Waals surface area contributed by atoms with Crippen molar-refractivity contribution in [3.8, 4) is 0 Å². The SMILES string of the molecule is O=C([C@H]1C[C@H]1c1ccccc1)N1N=CC[C@@]1(O)C(F)(F)F. The Bertz CT molecular complexity index is 588. The van der Waals surface area contributed by atoms with Crippen LogP contribution >= 0.6 is 0 Å². The third kappa shape index (κ3) is 2.21. The molecule has 1 N–H and O–H groups in total. The predicted octanol–water partition coefficient (Wildman–Crippen LogP) is 2.26. The second kappa shape index (κ2) is 4.56. The molecule has 1 heterocycles. The van der Waals surface area contributed by atoms with Gasteiger partial charge in [0, 0.05) is 18.6 Å². The fourth-order valence-electron chi connectivity index (χ4n) is 2.60. The van der Waals surface area contributed by atoms with Crippen LogP contribution in [0, 0.1) is 5.92 Å². The first kappa shape index (κ1) is 14.1. The van der Waals surface area contributed by atoms with Crippen LogP contribution in [0.25, 0.3) is 0 Å². The number of carbonyl (C=O) groups excluding carboxylic acids is 1. The zero-order valence-corrected chi connectivity index (χ0v) is 10.9. The molecule has 0 bridgehead atoms. The first-order chi connectivity index (χ1) is 9.84. The van der Waals surface area contributed by atoms with Crippen molar-refractivity contribution in [2.24, 2.45) is 11.0 Å². The minimum atomic E-state index is -4.93. The minimum absolute atomic E-state index is 0.105. The quantitative estimate of drug-likeness (QED) is 0.910. The molecule has 0 spiro atoms. The summed E-state index contributed by atoms with van der Waals surface area (Å²) in [6.45, 7) is 0. The summed E-state index contributed by atoms with van der Waals surface area (Å²) in [4.78, 5) is 12.2. The van der Waals surface area contributed by atoms with E-state index in [0.29, 0.717) is 6.42 Å². The molecule has 7 heteroatoms. The average Bonchev–Trinajstić information content (AvgIpc) is 3.14. The number of hydrogen-bond acceptors (Lipinski definition) is 3. The van der Waals surface area contributed by atoms with Crippen LogP contribution in [0.15, 0.2) is 35.4 Å². The molecule has 1 aromatic rings. The summed E-state index contributed by atoms with van der Waals surface area (Å²) >= 11 is 0. The number of carbonyl (C=O) groups is 1. The second-order valence-electron chi connectivity index (χ2n) is 5.33. The standard InChI is InChI=1S/C14H13F3N2O2/c15-14(16,17)13(21)6-7-18-19(13)12(20)11-8-10(11)9-4-2-1-3-5-9/h1-5,7,10-11,21H,6,8H2/t10-,11-,13+/m0/s1. The Morgan fingerprint density at radius 1 is 1.33 bits per heavy atom. The lowest BCUT2D eigenvalue weighted by atomic mass is 10.1. The monoisotopic (exact) mass is 298 g/mol. The predicted molar refractivity (Wildman–Crippen MR) is 68.2 cm³/mol. The highest BCUT2D eigenvalue weighted by Crippen LogP contribution is 2.50. The molecule has 0 radical (unpaired) electrons. The van der Waals surface area contributed by atoms with Crippen LogP contribution in [0.4, 0.5) is 13.2 Å². The topological polar surface area (TPSA) is 52.9 Å². The molecule has 21 heavy (non-hydrogen) atoms. The van der Waals surface area contributed by atoms with Crippen molar-refractivity contribution in [3.05, 3.63) is 35.9 Å². The van der Waals surface area contributed by atoms with E-state index in [1.807, 2.05) is 30.3 Å². The zero-order chi connectivity index (χ0) is 15.3. The molecule has 3 rings (SSSR count). The number of hydrogen-bond donors (Lipinski definition) is 1. The zero-order valence-electron chi connectivity index (χ0n) is 10.9. The number of benzene rings is 1. The van der Waals surface area contributed by atoms with Crippen molar-refractivity contribution in [1.82, 2.24) is 5.01 Å². The van der Waals surface area contributed by atoms with Gasteiger partial charge < -0.3 is 5.11 Å². The summed E-state index contributed by atoms with van der Waals surface area (Å²) in [7, 11) is 0. The van der Waals surface area contributed by atoms with Gasteiger partial charge in [-0.1, -0.05) is 30.3 Å². The summed E-state index contributed by atoms with van der Waals surface area (Å²) in [6.07, 6.45) is -4.27. The van der Waals surface area contributed by atoms with Gasteiger partial charge in [-0.15, -0.1) is 0 Å². The van der Waals surface area contributed by atoms with Gasteiger partial charge in [0.1, 0.15) is 0 Å². The van der Waals surface area contributed by atoms with Crippen molar-refractivity contribution >= 4 is 12.1 Å². The highest BCUT2D eigenvalue weighted by Gasteiger charge is 2.63. The largest absolute Gasteiger partial charge is 0.438 e. The van der Waals surface area contributed by atoms with Crippen molar-refractivity contribution < 1.29 is 23.1 Å². The molecule has 1 saturated carbocycles. The average molecular weight is 298 g/mol. The van der Waals surface area contributed by atoms with Crippen molar-refractivity contribution in [2.75, 3.05) is 0 Å². The normalized spacial score (nSPS) is 31.5. The van der Waals surface area contributed by atoms with Gasteiger partial charge in [-0.3, -0.25) is 4.79 Å². The molecular weight excluding hydrogens is 285 g/mol. The van der Waals surface area contributed by atoms with E-state index < -0.39 is 30.1 Å². The van der Waals surface area contributed by atoms with E-state index in [-0.39, 0.29) is 10.9 Å². The molecule has 0 unspecified atom stereocenters. The van der Waals surface area contributed by atoms with Gasteiger partial charge in [0.2, 0.25) is 5.91 Å². The van der Waals surface area contributed by atoms with Crippen LogP contribution in [0.3, 0.4) is 0 Å². The molecule has 2 aliphatic rings. The molecule has 4 nitrogen and oxygen atoms in total. The summed E-state index contributed by atoms with van der Waals surface area (Å²) in [5.41, 5.74) is -2.30. The van der Waals surface area contributed by atoms with Gasteiger partial charge >= 0.3 is 6.18 Å². The Morgan fingerprint density at radius 3 is 2.62 bits per heavy atom. The molecule has 1 fully saturated rings. The van der Waals surface area contributed by atoms with Crippen molar-refractivity contribution in [2.45, 2.75) is 30.7 Å². The Kier molecular flexibility index (Phi) is 3.05. The molecule has 112 valence electrons. The maximum absolute atomic E-state index is 12.9. The number of halogens is 3. The van der Waals surface area contributed by atoms with Gasteiger partial charge in [-0.25, -0.2) is 0 Å². The first-order valence-electron chi connectivity index (χ1n) is 6.55. The summed E-state index contributed by atoms with van der Waals surface area (Å²) in [5, 5.41) is 13.4. The molecule has 0 aromatic heterocycles. The summed E-state index contributed by atoms with van der Waals surface area (Å²) < 4.78 is 38.8. The van der Waals surface area contributed by atoms with Crippen LogP contribution in [0.5, 0.6) is 0 Å². The molecular formula is C14H13F3N2O2. The fraction of sp³-hybridized carbons (Fsp3) is 0.429. The maximum atomic E-state index is 12.9. The third-order valence-electron chi connectivity index (χ3n) is 3.92. The van der Waals surface area contributed by atoms with Crippen LogP contribution in [-0.2, 0) is 4.79 Å². The maximum Gasteiger partial charge on any atom is 0.438 e. The summed E-state index contributed by atoms with van der Waals surface area (Å²) in [5.74, 6) is -1.44. The van der Waals surface area contributed by atoms with Gasteiger partial charge in [-0.2, -0.15) is 23.3 Å². The lowest BCUT2D eigenvalue weighted by Crippen LogP contribution is -2.56. The molecule has 0 saturated heterocycles. The molecule has 1 aliphatic heterocycles. The van der Waals surface area contributed by atoms with E-state index in [4.69, 9.17) is 0 Å². The number of aliphatic hydroxyl groups is 1. The molecule has 3 atom stereocenters. The molecule has 1 amide bonds. The van der Waals surface area contributed by atoms with E-state index >= 15 is 0 Å². The summed E-state index contributed by atoms with van der Waals surface area (Å²) in [6, 6.07) is 9.13. The van der Waals surface area contributed by atoms with E-state index in [1.165, 1.54) is 0 Å².